The van der Waals surface area contributed by atoms with Crippen LogP contribution in [0.4, 0.5) is 0 Å². The topological polar surface area (TPSA) is 47.3 Å². The van der Waals surface area contributed by atoms with Crippen molar-refractivity contribution in [2.24, 2.45) is 11.3 Å². The Kier molecular flexibility index (Phi) is 3.18. The molecule has 3 atom stereocenters. The number of aryl methyl sites for hydroxylation is 2. The van der Waals surface area contributed by atoms with E-state index in [1.54, 1.807) is 0 Å². The molecule has 0 radical (unpaired) electrons. The Bertz CT molecular complexity index is 447. The number of fused-ring (bicyclic) bond motifs is 1. The predicted octanol–water partition coefficient (Wildman–Crippen LogP) is 2.58. The molecule has 1 aromatic heterocycles. The minimum absolute atomic E-state index is 0.210. The summed E-state index contributed by atoms with van der Waals surface area (Å²) in [6.45, 7) is 10.2. The fourth-order valence-electron chi connectivity index (χ4n) is 3.75. The molecule has 3 rings (SSSR count). The molecule has 2 fully saturated rings. The monoisotopic (exact) mass is 264 g/mol. The van der Waals surface area contributed by atoms with E-state index < -0.39 is 0 Å². The summed E-state index contributed by atoms with van der Waals surface area (Å²) >= 11 is 0. The lowest BCUT2D eigenvalue weighted by Gasteiger charge is -2.60. The Morgan fingerprint density at radius 2 is 2.16 bits per heavy atom. The average Bonchev–Trinajstić information content (AvgIpc) is 2.69. The number of oxazole rings is 1. The number of hydrogen-bond donors (Lipinski definition) is 1. The molecule has 1 aromatic rings. The second-order valence-electron chi connectivity index (χ2n) is 6.53. The van der Waals surface area contributed by atoms with Crippen molar-refractivity contribution in [3.05, 3.63) is 17.3 Å². The van der Waals surface area contributed by atoms with Crippen LogP contribution in [-0.4, -0.2) is 23.7 Å². The van der Waals surface area contributed by atoms with E-state index in [1.807, 2.05) is 13.8 Å². The quantitative estimate of drug-likeness (QED) is 0.911. The van der Waals surface area contributed by atoms with E-state index in [0.717, 1.165) is 24.0 Å². The highest BCUT2D eigenvalue weighted by atomic mass is 16.5. The molecular formula is C15H24N2O2. The van der Waals surface area contributed by atoms with E-state index in [9.17, 15) is 0 Å². The van der Waals surface area contributed by atoms with E-state index in [-0.39, 0.29) is 5.41 Å². The lowest BCUT2D eigenvalue weighted by atomic mass is 9.55. The van der Waals surface area contributed by atoms with Gasteiger partial charge in [-0.15, -0.1) is 0 Å². The van der Waals surface area contributed by atoms with Gasteiger partial charge in [0.2, 0.25) is 5.89 Å². The molecule has 4 heteroatoms. The SMILES string of the molecule is Cc1nc(CNC2C3CCCOC3C2(C)C)oc1C. The first kappa shape index (κ1) is 13.1. The van der Waals surface area contributed by atoms with Gasteiger partial charge in [0.1, 0.15) is 5.76 Å². The maximum atomic E-state index is 5.92. The standard InChI is InChI=1S/C15H24N2O2/c1-9-10(2)19-12(17-9)8-16-13-11-6-5-7-18-14(11)15(13,3)4/h11,13-14,16H,5-8H2,1-4H3. The van der Waals surface area contributed by atoms with E-state index in [4.69, 9.17) is 9.15 Å². The largest absolute Gasteiger partial charge is 0.444 e. The fourth-order valence-corrected chi connectivity index (χ4v) is 3.75. The molecule has 2 heterocycles. The summed E-state index contributed by atoms with van der Waals surface area (Å²) in [5.74, 6) is 2.37. The molecule has 0 spiro atoms. The molecule has 1 N–H and O–H groups in total. The van der Waals surface area contributed by atoms with Crippen molar-refractivity contribution in [3.63, 3.8) is 0 Å². The van der Waals surface area contributed by atoms with Crippen LogP contribution in [0.5, 0.6) is 0 Å². The van der Waals surface area contributed by atoms with Crippen LogP contribution in [0.25, 0.3) is 0 Å². The van der Waals surface area contributed by atoms with Gasteiger partial charge >= 0.3 is 0 Å². The van der Waals surface area contributed by atoms with Crippen molar-refractivity contribution in [2.45, 2.75) is 59.2 Å². The summed E-state index contributed by atoms with van der Waals surface area (Å²) in [7, 11) is 0. The van der Waals surface area contributed by atoms with Crippen molar-refractivity contribution in [2.75, 3.05) is 6.61 Å². The highest BCUT2D eigenvalue weighted by Crippen LogP contribution is 2.51. The Morgan fingerprint density at radius 3 is 2.84 bits per heavy atom. The maximum Gasteiger partial charge on any atom is 0.208 e. The predicted molar refractivity (Wildman–Crippen MR) is 72.8 cm³/mol. The van der Waals surface area contributed by atoms with Crippen molar-refractivity contribution >= 4 is 0 Å². The molecule has 1 saturated heterocycles. The second kappa shape index (κ2) is 4.60. The Labute approximate surface area is 114 Å². The molecule has 106 valence electrons. The molecule has 0 bridgehead atoms. The molecule has 1 aliphatic carbocycles. The summed E-state index contributed by atoms with van der Waals surface area (Å²) < 4.78 is 11.6. The lowest BCUT2D eigenvalue weighted by molar-refractivity contribution is -0.193. The van der Waals surface area contributed by atoms with E-state index in [1.165, 1.54) is 12.8 Å². The zero-order valence-corrected chi connectivity index (χ0v) is 12.3. The van der Waals surface area contributed by atoms with Gasteiger partial charge in [0.05, 0.1) is 18.3 Å². The minimum Gasteiger partial charge on any atom is -0.444 e. The summed E-state index contributed by atoms with van der Waals surface area (Å²) in [4.78, 5) is 4.43. The number of rotatable bonds is 3. The van der Waals surface area contributed by atoms with Gasteiger partial charge in [-0.05, 0) is 26.7 Å². The first-order valence-corrected chi connectivity index (χ1v) is 7.28. The highest BCUT2D eigenvalue weighted by molar-refractivity contribution is 5.11. The third-order valence-corrected chi connectivity index (χ3v) is 4.88. The minimum atomic E-state index is 0.210. The second-order valence-corrected chi connectivity index (χ2v) is 6.53. The Balaban J connectivity index is 1.63. The van der Waals surface area contributed by atoms with Gasteiger partial charge in [-0.25, -0.2) is 4.98 Å². The number of nitrogens with zero attached hydrogens (tertiary/aromatic N) is 1. The van der Waals surface area contributed by atoms with Gasteiger partial charge in [0.15, 0.2) is 0 Å². The van der Waals surface area contributed by atoms with Crippen LogP contribution in [-0.2, 0) is 11.3 Å². The van der Waals surface area contributed by atoms with Crippen LogP contribution < -0.4 is 5.32 Å². The molecule has 1 saturated carbocycles. The van der Waals surface area contributed by atoms with Crippen LogP contribution in [0.1, 0.15) is 44.0 Å². The zero-order chi connectivity index (χ0) is 13.6. The van der Waals surface area contributed by atoms with Gasteiger partial charge in [0, 0.05) is 24.0 Å². The van der Waals surface area contributed by atoms with Crippen molar-refractivity contribution < 1.29 is 9.15 Å². The van der Waals surface area contributed by atoms with Crippen molar-refractivity contribution in [1.82, 2.24) is 10.3 Å². The van der Waals surface area contributed by atoms with Gasteiger partial charge in [-0.1, -0.05) is 13.8 Å². The van der Waals surface area contributed by atoms with Crippen LogP contribution in [0.15, 0.2) is 4.42 Å². The fraction of sp³-hybridized carbons (Fsp3) is 0.800. The first-order chi connectivity index (χ1) is 9.00. The Morgan fingerprint density at radius 1 is 1.37 bits per heavy atom. The summed E-state index contributed by atoms with van der Waals surface area (Å²) in [6.07, 6.45) is 2.88. The Hall–Kier alpha value is -0.870. The van der Waals surface area contributed by atoms with Gasteiger partial charge in [-0.2, -0.15) is 0 Å². The molecule has 3 unspecified atom stereocenters. The van der Waals surface area contributed by atoms with Gasteiger partial charge in [0.25, 0.3) is 0 Å². The molecule has 0 amide bonds. The van der Waals surface area contributed by atoms with Crippen LogP contribution in [0.2, 0.25) is 0 Å². The van der Waals surface area contributed by atoms with Gasteiger partial charge < -0.3 is 14.5 Å². The average molecular weight is 264 g/mol. The van der Waals surface area contributed by atoms with Crippen LogP contribution in [0, 0.1) is 25.2 Å². The zero-order valence-electron chi connectivity index (χ0n) is 12.3. The van der Waals surface area contributed by atoms with Crippen LogP contribution >= 0.6 is 0 Å². The molecule has 4 nitrogen and oxygen atoms in total. The number of ether oxygens (including phenoxy) is 1. The third-order valence-electron chi connectivity index (χ3n) is 4.88. The van der Waals surface area contributed by atoms with Crippen molar-refractivity contribution in [3.8, 4) is 0 Å². The summed E-state index contributed by atoms with van der Waals surface area (Å²) in [6, 6.07) is 0.505. The normalized spacial score (nSPS) is 32.7. The number of hydrogen-bond acceptors (Lipinski definition) is 4. The lowest BCUT2D eigenvalue weighted by Crippen LogP contribution is -2.69. The molecule has 1 aliphatic heterocycles. The van der Waals surface area contributed by atoms with Gasteiger partial charge in [-0.3, -0.25) is 0 Å². The molecule has 19 heavy (non-hydrogen) atoms. The summed E-state index contributed by atoms with van der Waals surface area (Å²) in [5.41, 5.74) is 1.20. The molecule has 2 aliphatic rings. The van der Waals surface area contributed by atoms with E-state index >= 15 is 0 Å². The number of nitrogens with one attached hydrogen (secondary N) is 1. The van der Waals surface area contributed by atoms with E-state index in [2.05, 4.69) is 24.1 Å². The van der Waals surface area contributed by atoms with Crippen molar-refractivity contribution in [1.29, 1.82) is 0 Å². The first-order valence-electron chi connectivity index (χ1n) is 7.28. The third kappa shape index (κ3) is 2.11. The maximum absolute atomic E-state index is 5.92. The summed E-state index contributed by atoms with van der Waals surface area (Å²) in [5, 5.41) is 3.63. The molecular weight excluding hydrogens is 240 g/mol. The number of aromatic nitrogens is 1. The van der Waals surface area contributed by atoms with Crippen LogP contribution in [0.3, 0.4) is 0 Å². The molecule has 0 aromatic carbocycles. The highest BCUT2D eigenvalue weighted by Gasteiger charge is 2.57. The smallest absolute Gasteiger partial charge is 0.208 e. The van der Waals surface area contributed by atoms with E-state index in [0.29, 0.717) is 24.6 Å².